The van der Waals surface area contributed by atoms with Crippen LogP contribution >= 0.6 is 0 Å². The fraction of sp³-hybridized carbons (Fsp3) is 0.333. The number of aromatic nitrogens is 1. The second-order valence-electron chi connectivity index (χ2n) is 5.39. The number of hydrogen-bond donors (Lipinski definition) is 3. The predicted octanol–water partition coefficient (Wildman–Crippen LogP) is 2.12. The summed E-state index contributed by atoms with van der Waals surface area (Å²) in [5.74, 6) is -0.421. The highest BCUT2D eigenvalue weighted by Crippen LogP contribution is 2.44. The Labute approximate surface area is 116 Å². The molecule has 3 rings (SSSR count). The number of carboxylic acid groups (broad SMARTS) is 1. The molecule has 5 nitrogen and oxygen atoms in total. The van der Waals surface area contributed by atoms with Gasteiger partial charge >= 0.3 is 5.97 Å². The fourth-order valence-corrected chi connectivity index (χ4v) is 2.29. The summed E-state index contributed by atoms with van der Waals surface area (Å²) < 4.78 is 0. The maximum absolute atomic E-state index is 11.3. The van der Waals surface area contributed by atoms with E-state index in [1.165, 1.54) is 0 Å². The van der Waals surface area contributed by atoms with Gasteiger partial charge in [0.25, 0.3) is 0 Å². The molecule has 20 heavy (non-hydrogen) atoms. The lowest BCUT2D eigenvalue weighted by Crippen LogP contribution is -2.19. The van der Waals surface area contributed by atoms with E-state index >= 15 is 0 Å². The number of benzene rings is 1. The third-order valence-electron chi connectivity index (χ3n) is 3.88. The second kappa shape index (κ2) is 4.76. The van der Waals surface area contributed by atoms with Crippen LogP contribution in [0.1, 0.15) is 23.2 Å². The number of carbonyl (C=O) groups is 1. The summed E-state index contributed by atoms with van der Waals surface area (Å²) in [6.07, 6.45) is 1.99. The summed E-state index contributed by atoms with van der Waals surface area (Å²) in [5.41, 5.74) is 0.854. The first kappa shape index (κ1) is 12.9. The van der Waals surface area contributed by atoms with Gasteiger partial charge in [-0.2, -0.15) is 0 Å². The van der Waals surface area contributed by atoms with Crippen molar-refractivity contribution >= 4 is 22.7 Å². The Kier molecular flexibility index (Phi) is 3.06. The number of nitrogens with one attached hydrogen (secondary N) is 1. The van der Waals surface area contributed by atoms with E-state index in [-0.39, 0.29) is 17.6 Å². The molecule has 5 heteroatoms. The molecule has 0 unspecified atom stereocenters. The van der Waals surface area contributed by atoms with E-state index in [4.69, 9.17) is 0 Å². The fourth-order valence-electron chi connectivity index (χ4n) is 2.29. The predicted molar refractivity (Wildman–Crippen MR) is 75.9 cm³/mol. The van der Waals surface area contributed by atoms with Crippen LogP contribution in [0.5, 0.6) is 0 Å². The van der Waals surface area contributed by atoms with Crippen LogP contribution in [-0.4, -0.2) is 34.3 Å². The lowest BCUT2D eigenvalue weighted by atomic mass is 10.1. The van der Waals surface area contributed by atoms with Crippen molar-refractivity contribution in [3.8, 4) is 0 Å². The van der Waals surface area contributed by atoms with E-state index in [1.807, 2.05) is 6.07 Å². The number of aromatic carboxylic acids is 1. The Balaban J connectivity index is 1.93. The van der Waals surface area contributed by atoms with Crippen molar-refractivity contribution in [2.75, 3.05) is 18.5 Å². The third-order valence-corrected chi connectivity index (χ3v) is 3.88. The standard InChI is InChI=1S/C15H16N2O3/c18-9-15(5-6-15)8-16-13-7-11(14(19)20)10-3-1-2-4-12(10)17-13/h1-4,7,18H,5-6,8-9H2,(H,16,17)(H,19,20). The molecule has 0 bridgehead atoms. The average Bonchev–Trinajstić information content (AvgIpc) is 3.25. The number of carboxylic acids is 1. The smallest absolute Gasteiger partial charge is 0.336 e. The number of pyridine rings is 1. The quantitative estimate of drug-likeness (QED) is 0.776. The first-order chi connectivity index (χ1) is 9.63. The first-order valence-corrected chi connectivity index (χ1v) is 6.61. The van der Waals surface area contributed by atoms with Crippen molar-refractivity contribution in [1.82, 2.24) is 4.98 Å². The highest BCUT2D eigenvalue weighted by Gasteiger charge is 2.41. The number of aliphatic hydroxyl groups excluding tert-OH is 1. The number of para-hydroxylation sites is 1. The molecule has 0 atom stereocenters. The first-order valence-electron chi connectivity index (χ1n) is 6.61. The number of nitrogens with zero attached hydrogens (tertiary/aromatic N) is 1. The summed E-state index contributed by atoms with van der Waals surface area (Å²) in [4.78, 5) is 15.8. The molecule has 1 aromatic carbocycles. The van der Waals surface area contributed by atoms with Crippen LogP contribution in [0, 0.1) is 5.41 Å². The minimum absolute atomic E-state index is 0.0449. The van der Waals surface area contributed by atoms with Crippen LogP contribution in [0.4, 0.5) is 5.82 Å². The van der Waals surface area contributed by atoms with Gasteiger partial charge in [0.05, 0.1) is 17.7 Å². The van der Waals surface area contributed by atoms with Crippen molar-refractivity contribution in [3.05, 3.63) is 35.9 Å². The molecule has 0 saturated heterocycles. The van der Waals surface area contributed by atoms with Crippen LogP contribution < -0.4 is 5.32 Å². The molecule has 0 aliphatic heterocycles. The SMILES string of the molecule is O=C(O)c1cc(NCC2(CO)CC2)nc2ccccc12. The van der Waals surface area contributed by atoms with E-state index in [0.717, 1.165) is 12.8 Å². The largest absolute Gasteiger partial charge is 0.478 e. The van der Waals surface area contributed by atoms with E-state index in [0.29, 0.717) is 23.3 Å². The molecule has 1 fully saturated rings. The summed E-state index contributed by atoms with van der Waals surface area (Å²) in [6, 6.07) is 8.74. The minimum Gasteiger partial charge on any atom is -0.478 e. The molecule has 104 valence electrons. The normalized spacial score (nSPS) is 16.1. The van der Waals surface area contributed by atoms with Gasteiger partial charge in [0.15, 0.2) is 0 Å². The monoisotopic (exact) mass is 272 g/mol. The molecule has 0 amide bonds. The molecule has 2 aromatic rings. The minimum atomic E-state index is -0.963. The Morgan fingerprint density at radius 2 is 2.10 bits per heavy atom. The molecule has 1 heterocycles. The molecular weight excluding hydrogens is 256 g/mol. The Hall–Kier alpha value is -2.14. The van der Waals surface area contributed by atoms with Crippen molar-refractivity contribution < 1.29 is 15.0 Å². The van der Waals surface area contributed by atoms with Crippen LogP contribution in [-0.2, 0) is 0 Å². The zero-order valence-electron chi connectivity index (χ0n) is 11.0. The number of aliphatic hydroxyl groups is 1. The number of hydrogen-bond acceptors (Lipinski definition) is 4. The highest BCUT2D eigenvalue weighted by molar-refractivity contribution is 6.03. The van der Waals surface area contributed by atoms with Crippen molar-refractivity contribution in [2.45, 2.75) is 12.8 Å². The van der Waals surface area contributed by atoms with E-state index in [1.54, 1.807) is 24.3 Å². The molecule has 0 radical (unpaired) electrons. The average molecular weight is 272 g/mol. The summed E-state index contributed by atoms with van der Waals surface area (Å²) in [6.45, 7) is 0.771. The van der Waals surface area contributed by atoms with Gasteiger partial charge in [-0.25, -0.2) is 9.78 Å². The Bertz CT molecular complexity index is 665. The summed E-state index contributed by atoms with van der Waals surface area (Å²) >= 11 is 0. The third kappa shape index (κ3) is 2.32. The van der Waals surface area contributed by atoms with Gasteiger partial charge in [0.1, 0.15) is 5.82 Å². The number of fused-ring (bicyclic) bond motifs is 1. The molecule has 1 aliphatic rings. The van der Waals surface area contributed by atoms with Crippen molar-refractivity contribution in [1.29, 1.82) is 0 Å². The lowest BCUT2D eigenvalue weighted by Gasteiger charge is -2.14. The van der Waals surface area contributed by atoms with Gasteiger partial charge in [0, 0.05) is 17.3 Å². The van der Waals surface area contributed by atoms with Gasteiger partial charge < -0.3 is 15.5 Å². The lowest BCUT2D eigenvalue weighted by molar-refractivity contribution is 0.0699. The van der Waals surface area contributed by atoms with E-state index in [2.05, 4.69) is 10.3 Å². The Morgan fingerprint density at radius 3 is 2.75 bits per heavy atom. The Morgan fingerprint density at radius 1 is 1.35 bits per heavy atom. The maximum Gasteiger partial charge on any atom is 0.336 e. The van der Waals surface area contributed by atoms with E-state index in [9.17, 15) is 15.0 Å². The van der Waals surface area contributed by atoms with Gasteiger partial charge in [0.2, 0.25) is 0 Å². The van der Waals surface area contributed by atoms with Crippen LogP contribution in [0.3, 0.4) is 0 Å². The van der Waals surface area contributed by atoms with E-state index < -0.39 is 5.97 Å². The summed E-state index contributed by atoms with van der Waals surface area (Å²) in [5, 5.41) is 22.4. The van der Waals surface area contributed by atoms with Gasteiger partial charge in [-0.15, -0.1) is 0 Å². The highest BCUT2D eigenvalue weighted by atomic mass is 16.4. The number of rotatable bonds is 5. The topological polar surface area (TPSA) is 82.5 Å². The summed E-state index contributed by atoms with van der Waals surface area (Å²) in [7, 11) is 0. The maximum atomic E-state index is 11.3. The molecule has 3 N–H and O–H groups in total. The molecule has 1 aromatic heterocycles. The van der Waals surface area contributed by atoms with Crippen molar-refractivity contribution in [3.63, 3.8) is 0 Å². The number of anilines is 1. The van der Waals surface area contributed by atoms with Crippen LogP contribution in [0.15, 0.2) is 30.3 Å². The van der Waals surface area contributed by atoms with Gasteiger partial charge in [-0.05, 0) is 25.0 Å². The van der Waals surface area contributed by atoms with Crippen molar-refractivity contribution in [2.24, 2.45) is 5.41 Å². The molecule has 1 aliphatic carbocycles. The zero-order chi connectivity index (χ0) is 14.2. The molecule has 1 saturated carbocycles. The second-order valence-corrected chi connectivity index (χ2v) is 5.39. The van der Waals surface area contributed by atoms with Crippen LogP contribution in [0.25, 0.3) is 10.9 Å². The molecule has 0 spiro atoms. The van der Waals surface area contributed by atoms with Gasteiger partial charge in [-0.3, -0.25) is 0 Å². The van der Waals surface area contributed by atoms with Crippen LogP contribution in [0.2, 0.25) is 0 Å². The zero-order valence-corrected chi connectivity index (χ0v) is 11.0. The molecular formula is C15H16N2O3. The van der Waals surface area contributed by atoms with Gasteiger partial charge in [-0.1, -0.05) is 18.2 Å².